The van der Waals surface area contributed by atoms with Crippen molar-refractivity contribution < 1.29 is 4.74 Å². The highest BCUT2D eigenvalue weighted by atomic mass is 16.5. The molecule has 3 atom stereocenters. The van der Waals surface area contributed by atoms with Gasteiger partial charge in [-0.05, 0) is 37.6 Å². The molecule has 0 radical (unpaired) electrons. The number of nitrogens with two attached hydrogens (primary N) is 1. The molecule has 0 amide bonds. The lowest BCUT2D eigenvalue weighted by atomic mass is 9.93. The van der Waals surface area contributed by atoms with Crippen LogP contribution in [-0.4, -0.2) is 43.8 Å². The van der Waals surface area contributed by atoms with Crippen LogP contribution < -0.4 is 5.73 Å². The lowest BCUT2D eigenvalue weighted by Gasteiger charge is -2.37. The lowest BCUT2D eigenvalue weighted by Crippen LogP contribution is -2.47. The molecule has 0 aromatic heterocycles. The van der Waals surface area contributed by atoms with Crippen LogP contribution in [0, 0.1) is 11.8 Å². The van der Waals surface area contributed by atoms with Crippen LogP contribution in [0.3, 0.4) is 0 Å². The highest BCUT2D eigenvalue weighted by Gasteiger charge is 2.25. The highest BCUT2D eigenvalue weighted by molar-refractivity contribution is 4.81. The van der Waals surface area contributed by atoms with Crippen molar-refractivity contribution in [2.75, 3.05) is 32.8 Å². The Hall–Kier alpha value is -0.120. The van der Waals surface area contributed by atoms with E-state index in [9.17, 15) is 0 Å². The summed E-state index contributed by atoms with van der Waals surface area (Å²) in [5, 5.41) is 0. The second kappa shape index (κ2) is 5.28. The molecule has 3 heteroatoms. The molecule has 3 nitrogen and oxygen atoms in total. The van der Waals surface area contributed by atoms with Crippen LogP contribution >= 0.6 is 0 Å². The lowest BCUT2D eigenvalue weighted by molar-refractivity contribution is 0.0303. The van der Waals surface area contributed by atoms with E-state index in [1.54, 1.807) is 0 Å². The number of piperidine rings is 1. The third-order valence-electron chi connectivity index (χ3n) is 3.83. The molecule has 0 spiro atoms. The number of nitrogens with zero attached hydrogens (tertiary/aromatic N) is 1. The summed E-state index contributed by atoms with van der Waals surface area (Å²) in [5.74, 6) is 1.42. The third kappa shape index (κ3) is 3.16. The number of likely N-dealkylation sites (tertiary alicyclic amines) is 1. The van der Waals surface area contributed by atoms with E-state index in [0.717, 1.165) is 25.6 Å². The van der Waals surface area contributed by atoms with E-state index in [1.165, 1.54) is 32.5 Å². The van der Waals surface area contributed by atoms with Crippen molar-refractivity contribution in [1.82, 2.24) is 4.90 Å². The fraction of sp³-hybridized carbons (Fsp3) is 1.00. The second-order valence-electron chi connectivity index (χ2n) is 5.27. The van der Waals surface area contributed by atoms with Gasteiger partial charge in [-0.1, -0.05) is 6.92 Å². The summed E-state index contributed by atoms with van der Waals surface area (Å²) in [6.07, 6.45) is 3.75. The van der Waals surface area contributed by atoms with E-state index in [0.29, 0.717) is 12.0 Å². The quantitative estimate of drug-likeness (QED) is 0.744. The van der Waals surface area contributed by atoms with Gasteiger partial charge in [-0.25, -0.2) is 0 Å². The first-order valence-electron chi connectivity index (χ1n) is 6.31. The molecule has 0 aromatic carbocycles. The maximum absolute atomic E-state index is 6.02. The van der Waals surface area contributed by atoms with Gasteiger partial charge in [0.05, 0.1) is 6.61 Å². The van der Waals surface area contributed by atoms with Crippen molar-refractivity contribution in [2.45, 2.75) is 32.2 Å². The molecule has 88 valence electrons. The van der Waals surface area contributed by atoms with Crippen LogP contribution in [0.4, 0.5) is 0 Å². The molecule has 0 aromatic rings. The maximum Gasteiger partial charge on any atom is 0.0506 e. The van der Waals surface area contributed by atoms with Crippen LogP contribution in [0.1, 0.15) is 26.2 Å². The van der Waals surface area contributed by atoms with Crippen LogP contribution in [-0.2, 0) is 4.74 Å². The van der Waals surface area contributed by atoms with Crippen LogP contribution in [0.2, 0.25) is 0 Å². The van der Waals surface area contributed by atoms with Crippen LogP contribution in [0.5, 0.6) is 0 Å². The Morgan fingerprint density at radius 1 is 1.40 bits per heavy atom. The zero-order chi connectivity index (χ0) is 10.7. The van der Waals surface area contributed by atoms with Crippen LogP contribution in [0.25, 0.3) is 0 Å². The van der Waals surface area contributed by atoms with E-state index in [-0.39, 0.29) is 0 Å². The van der Waals surface area contributed by atoms with Crippen molar-refractivity contribution in [3.05, 3.63) is 0 Å². The first kappa shape index (κ1) is 11.4. The van der Waals surface area contributed by atoms with E-state index < -0.39 is 0 Å². The van der Waals surface area contributed by atoms with Gasteiger partial charge in [0.2, 0.25) is 0 Å². The number of hydrogen-bond donors (Lipinski definition) is 1. The SMILES string of the molecule is CC1CN(CC2CCCOC2)CCC1N. The van der Waals surface area contributed by atoms with E-state index >= 15 is 0 Å². The fourth-order valence-corrected chi connectivity index (χ4v) is 2.73. The fourth-order valence-electron chi connectivity index (χ4n) is 2.73. The van der Waals surface area contributed by atoms with Crippen molar-refractivity contribution in [3.8, 4) is 0 Å². The summed E-state index contributed by atoms with van der Waals surface area (Å²) in [7, 11) is 0. The summed E-state index contributed by atoms with van der Waals surface area (Å²) in [5.41, 5.74) is 6.02. The van der Waals surface area contributed by atoms with Crippen molar-refractivity contribution in [3.63, 3.8) is 0 Å². The summed E-state index contributed by atoms with van der Waals surface area (Å²) >= 11 is 0. The molecule has 2 rings (SSSR count). The van der Waals surface area contributed by atoms with Crippen molar-refractivity contribution >= 4 is 0 Å². The second-order valence-corrected chi connectivity index (χ2v) is 5.27. The normalized spacial score (nSPS) is 39.2. The zero-order valence-electron chi connectivity index (χ0n) is 9.82. The number of hydrogen-bond acceptors (Lipinski definition) is 3. The van der Waals surface area contributed by atoms with Gasteiger partial charge in [0.15, 0.2) is 0 Å². The van der Waals surface area contributed by atoms with Crippen LogP contribution in [0.15, 0.2) is 0 Å². The molecule has 2 aliphatic rings. The number of rotatable bonds is 2. The van der Waals surface area contributed by atoms with Gasteiger partial charge in [0, 0.05) is 25.7 Å². The Kier molecular flexibility index (Phi) is 4.00. The first-order chi connectivity index (χ1) is 7.25. The molecule has 2 fully saturated rings. The Balaban J connectivity index is 1.74. The number of ether oxygens (including phenoxy) is 1. The minimum absolute atomic E-state index is 0.420. The molecule has 0 saturated carbocycles. The summed E-state index contributed by atoms with van der Waals surface area (Å²) in [4.78, 5) is 2.58. The van der Waals surface area contributed by atoms with Gasteiger partial charge in [-0.2, -0.15) is 0 Å². The molecule has 3 unspecified atom stereocenters. The Bertz CT molecular complexity index is 192. The van der Waals surface area contributed by atoms with E-state index in [2.05, 4.69) is 11.8 Å². The standard InChI is InChI=1S/C12H24N2O/c1-10-7-14(5-4-12(10)13)8-11-3-2-6-15-9-11/h10-12H,2-9,13H2,1H3. The van der Waals surface area contributed by atoms with Gasteiger partial charge in [0.1, 0.15) is 0 Å². The predicted molar refractivity (Wildman–Crippen MR) is 61.7 cm³/mol. The van der Waals surface area contributed by atoms with E-state index in [1.807, 2.05) is 0 Å². The van der Waals surface area contributed by atoms with Gasteiger partial charge in [-0.3, -0.25) is 0 Å². The Morgan fingerprint density at radius 2 is 2.27 bits per heavy atom. The smallest absolute Gasteiger partial charge is 0.0506 e. The zero-order valence-corrected chi connectivity index (χ0v) is 9.82. The minimum Gasteiger partial charge on any atom is -0.381 e. The molecule has 2 aliphatic heterocycles. The molecule has 0 aliphatic carbocycles. The van der Waals surface area contributed by atoms with Gasteiger partial charge >= 0.3 is 0 Å². The molecule has 2 saturated heterocycles. The van der Waals surface area contributed by atoms with Crippen molar-refractivity contribution in [1.29, 1.82) is 0 Å². The summed E-state index contributed by atoms with van der Waals surface area (Å²) in [6.45, 7) is 7.79. The molecule has 2 N–H and O–H groups in total. The third-order valence-corrected chi connectivity index (χ3v) is 3.83. The summed E-state index contributed by atoms with van der Waals surface area (Å²) < 4.78 is 5.52. The average molecular weight is 212 g/mol. The predicted octanol–water partition coefficient (Wildman–Crippen LogP) is 1.08. The summed E-state index contributed by atoms with van der Waals surface area (Å²) in [6, 6.07) is 0.420. The van der Waals surface area contributed by atoms with Gasteiger partial charge in [0.25, 0.3) is 0 Å². The maximum atomic E-state index is 6.02. The molecule has 0 bridgehead atoms. The largest absolute Gasteiger partial charge is 0.381 e. The Labute approximate surface area is 93.0 Å². The topological polar surface area (TPSA) is 38.5 Å². The van der Waals surface area contributed by atoms with Crippen molar-refractivity contribution in [2.24, 2.45) is 17.6 Å². The average Bonchev–Trinajstić information content (AvgIpc) is 2.25. The van der Waals surface area contributed by atoms with E-state index in [4.69, 9.17) is 10.5 Å². The van der Waals surface area contributed by atoms with Gasteiger partial charge in [-0.15, -0.1) is 0 Å². The molecular formula is C12H24N2O. The minimum atomic E-state index is 0.420. The molecular weight excluding hydrogens is 188 g/mol. The molecule has 2 heterocycles. The molecule has 15 heavy (non-hydrogen) atoms. The monoisotopic (exact) mass is 212 g/mol. The Morgan fingerprint density at radius 3 is 2.93 bits per heavy atom. The first-order valence-corrected chi connectivity index (χ1v) is 6.31. The highest BCUT2D eigenvalue weighted by Crippen LogP contribution is 2.19. The van der Waals surface area contributed by atoms with Gasteiger partial charge < -0.3 is 15.4 Å².